The van der Waals surface area contributed by atoms with E-state index in [1.165, 1.54) is 27.1 Å². The Bertz CT molecular complexity index is 1340. The molecule has 0 fully saturated rings. The standard InChI is InChI=1S/C25H19N2.ClHO4/c1-2-8-19(9-3-1)18-27-17-15-21-11-5-7-13-23(21)25(27)24-22-12-6-4-10-20(22)14-16-26-24;2-1(3,4)5/h1-17H,18H2;(H,2,3,4,5)/q+1;/p-1. The Morgan fingerprint density at radius 3 is 1.91 bits per heavy atom. The van der Waals surface area contributed by atoms with Crippen LogP contribution in [0, 0.1) is 10.2 Å². The number of halogens is 1. The molecule has 0 atom stereocenters. The van der Waals surface area contributed by atoms with Gasteiger partial charge in [-0.2, -0.15) is 4.57 Å². The highest BCUT2D eigenvalue weighted by molar-refractivity contribution is 6.00. The lowest BCUT2D eigenvalue weighted by Crippen LogP contribution is -2.68. The predicted octanol–water partition coefficient (Wildman–Crippen LogP) is 0.635. The summed E-state index contributed by atoms with van der Waals surface area (Å²) in [6.45, 7) is 0.811. The van der Waals surface area contributed by atoms with Crippen molar-refractivity contribution >= 4 is 21.5 Å². The topological polar surface area (TPSA) is 109 Å². The van der Waals surface area contributed by atoms with Crippen LogP contribution in [0.1, 0.15) is 5.56 Å². The van der Waals surface area contributed by atoms with Crippen molar-refractivity contribution in [2.24, 2.45) is 0 Å². The first-order valence-corrected chi connectivity index (χ1v) is 11.0. The lowest BCUT2D eigenvalue weighted by atomic mass is 10.0. The molecule has 0 aliphatic heterocycles. The van der Waals surface area contributed by atoms with Crippen molar-refractivity contribution in [3.63, 3.8) is 0 Å². The molecule has 0 saturated heterocycles. The van der Waals surface area contributed by atoms with E-state index >= 15 is 0 Å². The Balaban J connectivity index is 0.000000444. The molecule has 0 saturated carbocycles. The van der Waals surface area contributed by atoms with Gasteiger partial charge in [0.2, 0.25) is 5.69 Å². The van der Waals surface area contributed by atoms with E-state index in [9.17, 15) is 0 Å². The summed E-state index contributed by atoms with van der Waals surface area (Å²) in [6, 6.07) is 31.8. The van der Waals surface area contributed by atoms with Crippen molar-refractivity contribution in [1.82, 2.24) is 4.98 Å². The summed E-state index contributed by atoms with van der Waals surface area (Å²) in [7, 11) is -4.94. The van der Waals surface area contributed by atoms with Gasteiger partial charge in [-0.25, -0.2) is 23.6 Å². The summed E-state index contributed by atoms with van der Waals surface area (Å²) in [5.74, 6) is 0. The quantitative estimate of drug-likeness (QED) is 0.378. The molecule has 0 aliphatic rings. The number of pyridine rings is 2. The fraction of sp³-hybridized carbons (Fsp3) is 0.0400. The number of hydrogen-bond donors (Lipinski definition) is 0. The average Bonchev–Trinajstić information content (AvgIpc) is 2.78. The van der Waals surface area contributed by atoms with Crippen LogP contribution in [0.3, 0.4) is 0 Å². The predicted molar refractivity (Wildman–Crippen MR) is 110 cm³/mol. The summed E-state index contributed by atoms with van der Waals surface area (Å²) in [5.41, 5.74) is 3.47. The number of hydrogen-bond acceptors (Lipinski definition) is 5. The highest BCUT2D eigenvalue weighted by Gasteiger charge is 2.21. The van der Waals surface area contributed by atoms with E-state index in [2.05, 4.69) is 102 Å². The molecular formula is C25H19ClN2O4. The van der Waals surface area contributed by atoms with Gasteiger partial charge in [0.15, 0.2) is 12.7 Å². The van der Waals surface area contributed by atoms with Crippen LogP contribution >= 0.6 is 0 Å². The second-order valence-electron chi connectivity index (χ2n) is 7.12. The second kappa shape index (κ2) is 9.40. The molecule has 2 aromatic heterocycles. The minimum atomic E-state index is -4.94. The molecule has 0 spiro atoms. The third kappa shape index (κ3) is 5.26. The molecule has 0 N–H and O–H groups in total. The number of fused-ring (bicyclic) bond motifs is 2. The van der Waals surface area contributed by atoms with E-state index in [1.807, 2.05) is 6.20 Å². The van der Waals surface area contributed by atoms with Crippen LogP contribution in [-0.4, -0.2) is 4.98 Å². The zero-order valence-corrected chi connectivity index (χ0v) is 17.7. The molecule has 0 radical (unpaired) electrons. The maximum atomic E-state index is 8.49. The van der Waals surface area contributed by atoms with Gasteiger partial charge in [0.25, 0.3) is 0 Å². The van der Waals surface area contributed by atoms with Crippen molar-refractivity contribution in [3.05, 3.63) is 109 Å². The van der Waals surface area contributed by atoms with Gasteiger partial charge in [-0.3, -0.25) is 0 Å². The molecule has 6 nitrogen and oxygen atoms in total. The summed E-state index contributed by atoms with van der Waals surface area (Å²) in [6.07, 6.45) is 4.08. The fourth-order valence-electron chi connectivity index (χ4n) is 3.74. The van der Waals surface area contributed by atoms with Crippen molar-refractivity contribution in [1.29, 1.82) is 0 Å². The maximum Gasteiger partial charge on any atom is 0.239 e. The van der Waals surface area contributed by atoms with E-state index in [-0.39, 0.29) is 0 Å². The minimum absolute atomic E-state index is 0.811. The van der Waals surface area contributed by atoms with E-state index < -0.39 is 10.2 Å². The lowest BCUT2D eigenvalue weighted by molar-refractivity contribution is -2.00. The second-order valence-corrected chi connectivity index (χ2v) is 7.88. The summed E-state index contributed by atoms with van der Waals surface area (Å²) in [4.78, 5) is 4.81. The van der Waals surface area contributed by atoms with Crippen LogP contribution in [0.2, 0.25) is 0 Å². The van der Waals surface area contributed by atoms with E-state index in [0.717, 1.165) is 17.9 Å². The monoisotopic (exact) mass is 446 g/mol. The first kappa shape index (κ1) is 21.8. The molecule has 3 aromatic carbocycles. The van der Waals surface area contributed by atoms with E-state index in [0.29, 0.717) is 0 Å². The summed E-state index contributed by atoms with van der Waals surface area (Å²) in [5, 5.41) is 4.84. The highest BCUT2D eigenvalue weighted by Crippen LogP contribution is 2.29. The van der Waals surface area contributed by atoms with Crippen molar-refractivity contribution in [2.75, 3.05) is 0 Å². The first-order chi connectivity index (χ1) is 15.4. The van der Waals surface area contributed by atoms with Crippen LogP contribution in [-0.2, 0) is 6.54 Å². The summed E-state index contributed by atoms with van der Waals surface area (Å²) >= 11 is 0. The Morgan fingerprint density at radius 1 is 0.656 bits per heavy atom. The Hall–Kier alpha value is -3.39. The van der Waals surface area contributed by atoms with Crippen LogP contribution in [0.15, 0.2) is 103 Å². The highest BCUT2D eigenvalue weighted by atomic mass is 35.7. The summed E-state index contributed by atoms with van der Waals surface area (Å²) < 4.78 is 36.3. The van der Waals surface area contributed by atoms with E-state index in [1.54, 1.807) is 0 Å². The molecule has 5 aromatic rings. The molecule has 0 unspecified atom stereocenters. The zero-order chi connectivity index (χ0) is 22.6. The Morgan fingerprint density at radius 2 is 1.22 bits per heavy atom. The Kier molecular flexibility index (Phi) is 6.41. The third-order valence-corrected chi connectivity index (χ3v) is 5.03. The number of nitrogens with zero attached hydrogens (tertiary/aromatic N) is 2. The van der Waals surface area contributed by atoms with Gasteiger partial charge in [0.1, 0.15) is 5.69 Å². The van der Waals surface area contributed by atoms with Crippen molar-refractivity contribution < 1.29 is 33.4 Å². The maximum absolute atomic E-state index is 8.49. The molecule has 2 heterocycles. The van der Waals surface area contributed by atoms with Crippen LogP contribution in [0.25, 0.3) is 32.9 Å². The van der Waals surface area contributed by atoms with Gasteiger partial charge in [0, 0.05) is 23.2 Å². The van der Waals surface area contributed by atoms with Crippen molar-refractivity contribution in [2.45, 2.75) is 6.54 Å². The lowest BCUT2D eigenvalue weighted by Gasteiger charge is -2.17. The molecular weight excluding hydrogens is 428 g/mol. The smallest absolute Gasteiger partial charge is 0.239 e. The molecule has 5 rings (SSSR count). The van der Waals surface area contributed by atoms with Gasteiger partial charge >= 0.3 is 0 Å². The van der Waals surface area contributed by atoms with Crippen LogP contribution in [0.4, 0.5) is 0 Å². The molecule has 0 amide bonds. The first-order valence-electron chi connectivity index (χ1n) is 9.81. The molecule has 7 heteroatoms. The normalized spacial score (nSPS) is 11.2. The number of benzene rings is 3. The Labute approximate surface area is 187 Å². The van der Waals surface area contributed by atoms with Crippen LogP contribution in [0.5, 0.6) is 0 Å². The third-order valence-electron chi connectivity index (χ3n) is 5.03. The number of rotatable bonds is 3. The fourth-order valence-corrected chi connectivity index (χ4v) is 3.74. The SMILES string of the molecule is [O-][Cl+3]([O-])([O-])[O-].c1ccc(C[n+]2ccc3ccccc3c2-c2nccc3ccccc23)cc1. The molecule has 32 heavy (non-hydrogen) atoms. The van der Waals surface area contributed by atoms with Gasteiger partial charge in [0.05, 0.1) is 5.39 Å². The van der Waals surface area contributed by atoms with Gasteiger partial charge in [-0.1, -0.05) is 72.8 Å². The van der Waals surface area contributed by atoms with Crippen LogP contribution < -0.4 is 23.2 Å². The van der Waals surface area contributed by atoms with Gasteiger partial charge < -0.3 is 0 Å². The molecule has 160 valence electrons. The molecule has 0 aliphatic carbocycles. The van der Waals surface area contributed by atoms with Gasteiger partial charge in [-0.15, -0.1) is 10.2 Å². The largest absolute Gasteiger partial charge is 0.249 e. The molecule has 0 bridgehead atoms. The minimum Gasteiger partial charge on any atom is -0.249 e. The van der Waals surface area contributed by atoms with E-state index in [4.69, 9.17) is 23.6 Å². The zero-order valence-electron chi connectivity index (χ0n) is 16.9. The van der Waals surface area contributed by atoms with Gasteiger partial charge in [-0.05, 0) is 22.9 Å². The number of aromatic nitrogens is 2. The van der Waals surface area contributed by atoms with Crippen molar-refractivity contribution in [3.8, 4) is 11.4 Å². The average molecular weight is 447 g/mol.